The number of amides is 2. The first-order valence-electron chi connectivity index (χ1n) is 6.03. The van der Waals surface area contributed by atoms with Crippen molar-refractivity contribution in [1.29, 1.82) is 0 Å². The summed E-state index contributed by atoms with van der Waals surface area (Å²) in [6.07, 6.45) is 0. The molecule has 0 atom stereocenters. The summed E-state index contributed by atoms with van der Waals surface area (Å²) in [7, 11) is 6.79. The third-order valence-corrected chi connectivity index (χ3v) is 4.22. The van der Waals surface area contributed by atoms with E-state index < -0.39 is 0 Å². The molecule has 2 amide bonds. The molecule has 100 valence electrons. The first kappa shape index (κ1) is 13.2. The largest absolute Gasteiger partial charge is 0.270 e. The Morgan fingerprint density at radius 3 is 1.95 bits per heavy atom. The van der Waals surface area contributed by atoms with Crippen molar-refractivity contribution in [3.05, 3.63) is 65.2 Å². The standard InChI is InChI=1S/C15H10ClNO2S/c16-20-11-7-5-10(6-8-11)9-17-14(18)12-3-1-2-4-13(12)15(17)19/h1-8H,9H2. The number of hydrogen-bond acceptors (Lipinski definition) is 3. The number of benzene rings is 2. The molecule has 0 spiro atoms. The average Bonchev–Trinajstić information content (AvgIpc) is 2.74. The minimum Gasteiger partial charge on any atom is -0.270 e. The molecule has 2 aromatic rings. The Morgan fingerprint density at radius 2 is 1.45 bits per heavy atom. The van der Waals surface area contributed by atoms with E-state index in [2.05, 4.69) is 0 Å². The van der Waals surface area contributed by atoms with E-state index in [1.807, 2.05) is 24.3 Å². The molecule has 0 aromatic heterocycles. The van der Waals surface area contributed by atoms with Crippen molar-refractivity contribution < 1.29 is 9.59 Å². The summed E-state index contributed by atoms with van der Waals surface area (Å²) in [6, 6.07) is 14.4. The first-order chi connectivity index (χ1) is 9.70. The molecule has 0 bridgehead atoms. The zero-order chi connectivity index (χ0) is 14.1. The normalized spacial score (nSPS) is 13.8. The minimum atomic E-state index is -0.235. The van der Waals surface area contributed by atoms with E-state index in [0.29, 0.717) is 11.1 Å². The van der Waals surface area contributed by atoms with Gasteiger partial charge in [-0.25, -0.2) is 0 Å². The van der Waals surface area contributed by atoms with Crippen LogP contribution in [0.1, 0.15) is 26.3 Å². The van der Waals surface area contributed by atoms with Crippen LogP contribution in [0.25, 0.3) is 0 Å². The molecule has 0 radical (unpaired) electrons. The van der Waals surface area contributed by atoms with Gasteiger partial charge in [-0.3, -0.25) is 14.5 Å². The number of rotatable bonds is 3. The fourth-order valence-corrected chi connectivity index (χ4v) is 2.76. The molecular weight excluding hydrogens is 294 g/mol. The molecule has 0 N–H and O–H groups in total. The molecule has 0 saturated carbocycles. The molecule has 2 aromatic carbocycles. The van der Waals surface area contributed by atoms with Crippen LogP contribution < -0.4 is 0 Å². The van der Waals surface area contributed by atoms with Gasteiger partial charge < -0.3 is 0 Å². The van der Waals surface area contributed by atoms with Gasteiger partial charge in [0.25, 0.3) is 11.8 Å². The molecule has 3 rings (SSSR count). The monoisotopic (exact) mass is 303 g/mol. The van der Waals surface area contributed by atoms with E-state index in [0.717, 1.165) is 21.4 Å². The summed E-state index contributed by atoms with van der Waals surface area (Å²) in [5.41, 5.74) is 1.85. The van der Waals surface area contributed by atoms with Gasteiger partial charge in [0.05, 0.1) is 17.7 Å². The molecule has 20 heavy (non-hydrogen) atoms. The van der Waals surface area contributed by atoms with Crippen molar-refractivity contribution in [1.82, 2.24) is 4.90 Å². The molecule has 1 aliphatic rings. The third kappa shape index (κ3) is 2.21. The molecule has 0 aliphatic carbocycles. The van der Waals surface area contributed by atoms with E-state index in [1.165, 1.54) is 4.90 Å². The van der Waals surface area contributed by atoms with Gasteiger partial charge in [0.2, 0.25) is 0 Å². The van der Waals surface area contributed by atoms with Crippen LogP contribution >= 0.6 is 21.7 Å². The topological polar surface area (TPSA) is 37.4 Å². The van der Waals surface area contributed by atoms with Crippen LogP contribution in [0.5, 0.6) is 0 Å². The fraction of sp³-hybridized carbons (Fsp3) is 0.0667. The van der Waals surface area contributed by atoms with Gasteiger partial charge in [0.15, 0.2) is 0 Å². The van der Waals surface area contributed by atoms with Crippen LogP contribution in [-0.2, 0) is 6.54 Å². The first-order valence-corrected chi connectivity index (χ1v) is 7.68. The highest BCUT2D eigenvalue weighted by atomic mass is 35.7. The van der Waals surface area contributed by atoms with Gasteiger partial charge in [-0.05, 0) is 51.5 Å². The lowest BCUT2D eigenvalue weighted by Crippen LogP contribution is -2.29. The zero-order valence-corrected chi connectivity index (χ0v) is 11.9. The lowest BCUT2D eigenvalue weighted by Gasteiger charge is -2.13. The number of hydrogen-bond donors (Lipinski definition) is 0. The van der Waals surface area contributed by atoms with Crippen molar-refractivity contribution in [3.63, 3.8) is 0 Å². The second kappa shape index (κ2) is 5.31. The summed E-state index contributed by atoms with van der Waals surface area (Å²) < 4.78 is 0. The maximum atomic E-state index is 12.2. The molecular formula is C15H10ClNO2S. The Balaban J connectivity index is 1.85. The maximum absolute atomic E-state index is 12.2. The minimum absolute atomic E-state index is 0.235. The third-order valence-electron chi connectivity index (χ3n) is 3.23. The molecule has 3 nitrogen and oxygen atoms in total. The second-order valence-corrected chi connectivity index (χ2v) is 5.55. The van der Waals surface area contributed by atoms with Gasteiger partial charge in [-0.15, -0.1) is 0 Å². The van der Waals surface area contributed by atoms with Gasteiger partial charge in [-0.1, -0.05) is 24.3 Å². The highest BCUT2D eigenvalue weighted by Gasteiger charge is 2.34. The van der Waals surface area contributed by atoms with Crippen molar-refractivity contribution in [2.45, 2.75) is 11.4 Å². The van der Waals surface area contributed by atoms with Crippen LogP contribution in [0.4, 0.5) is 0 Å². The van der Waals surface area contributed by atoms with Crippen LogP contribution in [0.15, 0.2) is 53.4 Å². The van der Waals surface area contributed by atoms with E-state index in [-0.39, 0.29) is 18.4 Å². The Morgan fingerprint density at radius 1 is 0.900 bits per heavy atom. The average molecular weight is 304 g/mol. The van der Waals surface area contributed by atoms with Crippen LogP contribution in [0.3, 0.4) is 0 Å². The Bertz CT molecular complexity index is 650. The van der Waals surface area contributed by atoms with Crippen molar-refractivity contribution >= 4 is 33.5 Å². The zero-order valence-electron chi connectivity index (χ0n) is 10.4. The lowest BCUT2D eigenvalue weighted by molar-refractivity contribution is 0.0642. The van der Waals surface area contributed by atoms with Gasteiger partial charge in [0.1, 0.15) is 0 Å². The number of carbonyl (C=O) groups excluding carboxylic acids is 2. The number of fused-ring (bicyclic) bond motifs is 1. The summed E-state index contributed by atoms with van der Waals surface area (Å²) in [5, 5.41) is 0. The molecule has 0 unspecified atom stereocenters. The SMILES string of the molecule is O=C1c2ccccc2C(=O)N1Cc1ccc(SCl)cc1. The molecule has 1 heterocycles. The molecule has 0 saturated heterocycles. The predicted molar refractivity (Wildman–Crippen MR) is 78.8 cm³/mol. The second-order valence-electron chi connectivity index (χ2n) is 4.46. The van der Waals surface area contributed by atoms with Gasteiger partial charge in [0, 0.05) is 4.90 Å². The number of nitrogens with zero attached hydrogens (tertiary/aromatic N) is 1. The van der Waals surface area contributed by atoms with Crippen molar-refractivity contribution in [2.24, 2.45) is 0 Å². The number of halogens is 1. The lowest BCUT2D eigenvalue weighted by atomic mass is 10.1. The Hall–Kier alpha value is -1.78. The quantitative estimate of drug-likeness (QED) is 0.811. The van der Waals surface area contributed by atoms with Crippen molar-refractivity contribution in [2.75, 3.05) is 0 Å². The number of imide groups is 1. The van der Waals surface area contributed by atoms with Crippen LogP contribution in [-0.4, -0.2) is 16.7 Å². The summed E-state index contributed by atoms with van der Waals surface area (Å²) in [6.45, 7) is 0.277. The van der Waals surface area contributed by atoms with E-state index in [4.69, 9.17) is 10.7 Å². The smallest absolute Gasteiger partial charge is 0.261 e. The van der Waals surface area contributed by atoms with Crippen LogP contribution in [0.2, 0.25) is 0 Å². The highest BCUT2D eigenvalue weighted by molar-refractivity contribution is 8.21. The highest BCUT2D eigenvalue weighted by Crippen LogP contribution is 2.26. The fourth-order valence-electron chi connectivity index (χ4n) is 2.21. The summed E-state index contributed by atoms with van der Waals surface area (Å²) >= 11 is 0. The van der Waals surface area contributed by atoms with Crippen molar-refractivity contribution in [3.8, 4) is 0 Å². The predicted octanol–water partition coefficient (Wildman–Crippen LogP) is 3.73. The van der Waals surface area contributed by atoms with E-state index >= 15 is 0 Å². The maximum Gasteiger partial charge on any atom is 0.261 e. The molecule has 5 heteroatoms. The van der Waals surface area contributed by atoms with E-state index in [9.17, 15) is 9.59 Å². The Labute approximate surface area is 125 Å². The molecule has 0 fully saturated rings. The molecule has 1 aliphatic heterocycles. The number of carbonyl (C=O) groups is 2. The van der Waals surface area contributed by atoms with Gasteiger partial charge in [-0.2, -0.15) is 0 Å². The summed E-state index contributed by atoms with van der Waals surface area (Å²) in [5.74, 6) is -0.470. The Kier molecular flexibility index (Phi) is 3.51. The van der Waals surface area contributed by atoms with Gasteiger partial charge >= 0.3 is 0 Å². The van der Waals surface area contributed by atoms with E-state index in [1.54, 1.807) is 24.3 Å². The van der Waals surface area contributed by atoms with Crippen LogP contribution in [0, 0.1) is 0 Å². The summed E-state index contributed by atoms with van der Waals surface area (Å²) in [4.78, 5) is 26.6.